The van der Waals surface area contributed by atoms with Crippen LogP contribution in [0.15, 0.2) is 12.4 Å². The summed E-state index contributed by atoms with van der Waals surface area (Å²) in [6, 6.07) is 0. The molecule has 1 amide bonds. The average Bonchev–Trinajstić information content (AvgIpc) is 3.18. The number of rotatable bonds is 4. The number of piperidine rings is 2. The molecule has 28 heavy (non-hydrogen) atoms. The first-order valence-electron chi connectivity index (χ1n) is 10.1. The van der Waals surface area contributed by atoms with E-state index in [-0.39, 0.29) is 11.3 Å². The molecule has 0 bridgehead atoms. The molecule has 0 unspecified atom stereocenters. The van der Waals surface area contributed by atoms with E-state index in [4.69, 9.17) is 0 Å². The largest absolute Gasteiger partial charge is 0.347 e. The molecule has 2 fully saturated rings. The van der Waals surface area contributed by atoms with Crippen LogP contribution in [0.5, 0.6) is 0 Å². The fourth-order valence-corrected chi connectivity index (χ4v) is 5.01. The van der Waals surface area contributed by atoms with Gasteiger partial charge in [0, 0.05) is 38.2 Å². The predicted octanol–water partition coefficient (Wildman–Crippen LogP) is 3.17. The molecule has 0 N–H and O–H groups in total. The molecule has 0 saturated carbocycles. The van der Waals surface area contributed by atoms with Crippen LogP contribution in [0.3, 0.4) is 0 Å². The quantitative estimate of drug-likeness (QED) is 0.785. The van der Waals surface area contributed by atoms with E-state index in [0.717, 1.165) is 60.4 Å². The lowest BCUT2D eigenvalue weighted by molar-refractivity contribution is -0.139. The highest BCUT2D eigenvalue weighted by atomic mass is 32.1. The third-order valence-electron chi connectivity index (χ3n) is 5.95. The number of amides is 1. The maximum Gasteiger partial charge on any atom is 0.222 e. The number of nitrogens with zero attached hydrogens (tertiary/aromatic N) is 6. The van der Waals surface area contributed by atoms with Gasteiger partial charge in [-0.25, -0.2) is 0 Å². The lowest BCUT2D eigenvalue weighted by Gasteiger charge is -2.47. The van der Waals surface area contributed by atoms with Crippen molar-refractivity contribution in [3.05, 3.63) is 28.8 Å². The summed E-state index contributed by atoms with van der Waals surface area (Å²) in [5.41, 5.74) is 1.98. The van der Waals surface area contributed by atoms with E-state index in [0.29, 0.717) is 18.9 Å². The van der Waals surface area contributed by atoms with Gasteiger partial charge in [0.2, 0.25) is 11.0 Å². The number of carbonyl (C=O) groups is 1. The van der Waals surface area contributed by atoms with Crippen molar-refractivity contribution in [1.29, 1.82) is 0 Å². The van der Waals surface area contributed by atoms with Crippen molar-refractivity contribution in [3.8, 4) is 0 Å². The zero-order valence-electron chi connectivity index (χ0n) is 16.9. The van der Waals surface area contributed by atoms with Crippen LogP contribution in [0.4, 0.5) is 5.13 Å². The number of hydrogen-bond acceptors (Lipinski definition) is 7. The van der Waals surface area contributed by atoms with Crippen LogP contribution in [0, 0.1) is 12.3 Å². The topological polar surface area (TPSA) is 75.1 Å². The van der Waals surface area contributed by atoms with E-state index >= 15 is 0 Å². The fraction of sp³-hybridized carbons (Fsp3) is 0.650. The van der Waals surface area contributed by atoms with E-state index in [1.54, 1.807) is 23.7 Å². The van der Waals surface area contributed by atoms with Crippen LogP contribution < -0.4 is 4.90 Å². The van der Waals surface area contributed by atoms with Crippen molar-refractivity contribution in [3.63, 3.8) is 0 Å². The summed E-state index contributed by atoms with van der Waals surface area (Å²) in [7, 11) is 0. The Hall–Kier alpha value is -2.09. The SMILES string of the molecule is Cc1cnc(CN2CC3(CCC2=O)CCN(c2nnc(C(C)C)s2)CC3)cn1. The van der Waals surface area contributed by atoms with Crippen LogP contribution in [0.25, 0.3) is 0 Å². The summed E-state index contributed by atoms with van der Waals surface area (Å²) in [6.07, 6.45) is 7.36. The van der Waals surface area contributed by atoms with Gasteiger partial charge in [0.1, 0.15) is 5.01 Å². The highest BCUT2D eigenvalue weighted by Crippen LogP contribution is 2.42. The Morgan fingerprint density at radius 1 is 1.14 bits per heavy atom. The molecule has 150 valence electrons. The number of likely N-dealkylation sites (tertiary alicyclic amines) is 1. The van der Waals surface area contributed by atoms with E-state index in [9.17, 15) is 4.79 Å². The summed E-state index contributed by atoms with van der Waals surface area (Å²) in [5.74, 6) is 0.659. The van der Waals surface area contributed by atoms with Crippen molar-refractivity contribution >= 4 is 22.4 Å². The summed E-state index contributed by atoms with van der Waals surface area (Å²) in [5, 5.41) is 10.9. The third-order valence-corrected chi connectivity index (χ3v) is 7.24. The molecule has 2 aliphatic heterocycles. The van der Waals surface area contributed by atoms with Gasteiger partial charge in [0.25, 0.3) is 0 Å². The molecule has 0 atom stereocenters. The molecule has 2 saturated heterocycles. The first kappa shape index (κ1) is 19.2. The Bertz CT molecular complexity index is 825. The summed E-state index contributed by atoms with van der Waals surface area (Å²) in [4.78, 5) is 25.6. The van der Waals surface area contributed by atoms with Gasteiger partial charge in [-0.2, -0.15) is 0 Å². The van der Waals surface area contributed by atoms with E-state index in [2.05, 4.69) is 38.9 Å². The van der Waals surface area contributed by atoms with Crippen molar-refractivity contribution in [1.82, 2.24) is 25.1 Å². The number of carbonyl (C=O) groups excluding carboxylic acids is 1. The summed E-state index contributed by atoms with van der Waals surface area (Å²) >= 11 is 1.71. The Balaban J connectivity index is 1.39. The van der Waals surface area contributed by atoms with Gasteiger partial charge in [0.05, 0.1) is 24.1 Å². The van der Waals surface area contributed by atoms with Crippen LogP contribution in [0.1, 0.15) is 61.8 Å². The van der Waals surface area contributed by atoms with Crippen molar-refractivity contribution in [2.45, 2.75) is 58.9 Å². The minimum Gasteiger partial charge on any atom is -0.347 e. The zero-order chi connectivity index (χ0) is 19.7. The Morgan fingerprint density at radius 3 is 2.57 bits per heavy atom. The first-order chi connectivity index (χ1) is 13.4. The van der Waals surface area contributed by atoms with E-state index in [1.807, 2.05) is 11.8 Å². The second-order valence-corrected chi connectivity index (χ2v) is 9.45. The molecule has 7 nitrogen and oxygen atoms in total. The highest BCUT2D eigenvalue weighted by molar-refractivity contribution is 7.15. The average molecular weight is 401 g/mol. The zero-order valence-corrected chi connectivity index (χ0v) is 17.7. The van der Waals surface area contributed by atoms with Crippen LogP contribution in [-0.2, 0) is 11.3 Å². The van der Waals surface area contributed by atoms with Crippen molar-refractivity contribution < 1.29 is 4.79 Å². The minimum absolute atomic E-state index is 0.216. The lowest BCUT2D eigenvalue weighted by Crippen LogP contribution is -2.51. The maximum atomic E-state index is 12.5. The van der Waals surface area contributed by atoms with Crippen LogP contribution >= 0.6 is 11.3 Å². The van der Waals surface area contributed by atoms with Gasteiger partial charge >= 0.3 is 0 Å². The molecule has 1 spiro atoms. The molecule has 2 aliphatic rings. The molecule has 8 heteroatoms. The standard InChI is InChI=1S/C20H28N6OS/c1-14(2)18-23-24-19(28-18)25-8-6-20(7-9-25)5-4-17(27)26(13-20)12-16-11-21-15(3)10-22-16/h10-11,14H,4-9,12-13H2,1-3H3. The molecule has 0 aromatic carbocycles. The summed E-state index contributed by atoms with van der Waals surface area (Å²) < 4.78 is 0. The van der Waals surface area contributed by atoms with Crippen molar-refractivity contribution in [2.75, 3.05) is 24.5 Å². The van der Waals surface area contributed by atoms with E-state index < -0.39 is 0 Å². The lowest BCUT2D eigenvalue weighted by atomic mass is 9.72. The van der Waals surface area contributed by atoms with Gasteiger partial charge in [-0.1, -0.05) is 25.2 Å². The highest BCUT2D eigenvalue weighted by Gasteiger charge is 2.41. The molecule has 2 aromatic heterocycles. The molecule has 4 rings (SSSR count). The Morgan fingerprint density at radius 2 is 1.93 bits per heavy atom. The van der Waals surface area contributed by atoms with Gasteiger partial charge in [0.15, 0.2) is 0 Å². The minimum atomic E-state index is 0.216. The molecule has 0 aliphatic carbocycles. The number of hydrogen-bond donors (Lipinski definition) is 0. The molecular weight excluding hydrogens is 372 g/mol. The van der Waals surface area contributed by atoms with Gasteiger partial charge < -0.3 is 9.80 Å². The predicted molar refractivity (Wildman–Crippen MR) is 109 cm³/mol. The fourth-order valence-electron chi connectivity index (χ4n) is 4.11. The van der Waals surface area contributed by atoms with E-state index in [1.165, 1.54) is 0 Å². The molecular formula is C20H28N6OS. The number of anilines is 1. The summed E-state index contributed by atoms with van der Waals surface area (Å²) in [6.45, 7) is 9.59. The molecule has 0 radical (unpaired) electrons. The van der Waals surface area contributed by atoms with Crippen molar-refractivity contribution in [2.24, 2.45) is 5.41 Å². The Labute approximate surface area is 170 Å². The maximum absolute atomic E-state index is 12.5. The Kier molecular flexibility index (Phi) is 5.31. The van der Waals surface area contributed by atoms with Gasteiger partial charge in [-0.05, 0) is 31.6 Å². The number of aryl methyl sites for hydroxylation is 1. The molecule has 2 aromatic rings. The van der Waals surface area contributed by atoms with Gasteiger partial charge in [-0.3, -0.25) is 14.8 Å². The van der Waals surface area contributed by atoms with Crippen LogP contribution in [0.2, 0.25) is 0 Å². The third kappa shape index (κ3) is 4.01. The first-order valence-corrected chi connectivity index (χ1v) is 10.9. The smallest absolute Gasteiger partial charge is 0.222 e. The normalized spacial score (nSPS) is 19.6. The second kappa shape index (κ2) is 7.73. The monoisotopic (exact) mass is 400 g/mol. The second-order valence-electron chi connectivity index (χ2n) is 8.46. The van der Waals surface area contributed by atoms with Gasteiger partial charge in [-0.15, -0.1) is 10.2 Å². The van der Waals surface area contributed by atoms with Crippen LogP contribution in [-0.4, -0.2) is 50.6 Å². The molecule has 4 heterocycles. The number of aromatic nitrogens is 4.